The second-order valence-electron chi connectivity index (χ2n) is 5.76. The van der Waals surface area contributed by atoms with Gasteiger partial charge in [0.1, 0.15) is 5.54 Å². The number of likely N-dealkylation sites (tertiary alicyclic amines) is 1. The summed E-state index contributed by atoms with van der Waals surface area (Å²) in [5.41, 5.74) is -0.665. The molecule has 0 radical (unpaired) electrons. The minimum Gasteiger partial charge on any atom is -0.465 e. The molecule has 1 saturated heterocycles. The van der Waals surface area contributed by atoms with Gasteiger partial charge in [-0.05, 0) is 39.2 Å². The van der Waals surface area contributed by atoms with E-state index in [0.717, 1.165) is 19.3 Å². The summed E-state index contributed by atoms with van der Waals surface area (Å²) in [6.45, 7) is 2.57. The van der Waals surface area contributed by atoms with Crippen molar-refractivity contribution in [1.82, 2.24) is 10.2 Å². The highest BCUT2D eigenvalue weighted by Gasteiger charge is 2.49. The molecule has 118 valence electrons. The van der Waals surface area contributed by atoms with Crippen LogP contribution in [-0.4, -0.2) is 48.4 Å². The maximum atomic E-state index is 12.3. The lowest BCUT2D eigenvalue weighted by Gasteiger charge is -2.33. The van der Waals surface area contributed by atoms with Crippen molar-refractivity contribution in [2.24, 2.45) is 5.92 Å². The molecule has 0 spiro atoms. The smallest absolute Gasteiger partial charge is 0.326 e. The van der Waals surface area contributed by atoms with Gasteiger partial charge in [0, 0.05) is 19.4 Å². The van der Waals surface area contributed by atoms with E-state index in [0.29, 0.717) is 32.4 Å². The van der Waals surface area contributed by atoms with Crippen LogP contribution in [0.4, 0.5) is 0 Å². The Bertz CT molecular complexity index is 421. The minimum atomic E-state index is -0.665. The van der Waals surface area contributed by atoms with Crippen LogP contribution in [-0.2, 0) is 19.1 Å². The van der Waals surface area contributed by atoms with E-state index in [1.54, 1.807) is 14.0 Å². The van der Waals surface area contributed by atoms with Crippen molar-refractivity contribution in [1.29, 1.82) is 0 Å². The van der Waals surface area contributed by atoms with Crippen molar-refractivity contribution in [2.45, 2.75) is 51.0 Å². The molecule has 1 aliphatic heterocycles. The van der Waals surface area contributed by atoms with E-state index in [1.165, 1.54) is 4.90 Å². The van der Waals surface area contributed by atoms with Gasteiger partial charge in [0.05, 0.1) is 6.61 Å². The number of esters is 1. The fraction of sp³-hybridized carbons (Fsp3) is 0.800. The second-order valence-corrected chi connectivity index (χ2v) is 5.76. The van der Waals surface area contributed by atoms with Gasteiger partial charge in [0.15, 0.2) is 0 Å². The molecule has 2 unspecified atom stereocenters. The first kappa shape index (κ1) is 15.9. The van der Waals surface area contributed by atoms with Crippen LogP contribution in [0.25, 0.3) is 0 Å². The highest BCUT2D eigenvalue weighted by Crippen LogP contribution is 2.39. The van der Waals surface area contributed by atoms with Gasteiger partial charge in [-0.25, -0.2) is 0 Å². The number of ether oxygens (including phenoxy) is 1. The van der Waals surface area contributed by atoms with Gasteiger partial charge in [0.2, 0.25) is 11.8 Å². The first-order valence-electron chi connectivity index (χ1n) is 7.74. The molecule has 2 atom stereocenters. The molecule has 2 fully saturated rings. The normalized spacial score (nSPS) is 29.2. The Kier molecular flexibility index (Phi) is 4.98. The van der Waals surface area contributed by atoms with Crippen LogP contribution < -0.4 is 5.32 Å². The van der Waals surface area contributed by atoms with Crippen molar-refractivity contribution >= 4 is 17.8 Å². The summed E-state index contributed by atoms with van der Waals surface area (Å²) in [6.07, 6.45) is 3.89. The molecular weight excluding hydrogens is 272 g/mol. The summed E-state index contributed by atoms with van der Waals surface area (Å²) in [4.78, 5) is 36.9. The third kappa shape index (κ3) is 2.95. The molecule has 0 aromatic carbocycles. The predicted octanol–water partition coefficient (Wildman–Crippen LogP) is 0.847. The van der Waals surface area contributed by atoms with E-state index < -0.39 is 5.54 Å². The average Bonchev–Trinajstić information content (AvgIpc) is 3.02. The van der Waals surface area contributed by atoms with Gasteiger partial charge in [-0.15, -0.1) is 0 Å². The Balaban J connectivity index is 2.02. The zero-order valence-electron chi connectivity index (χ0n) is 12.8. The Morgan fingerprint density at radius 3 is 2.62 bits per heavy atom. The molecule has 6 nitrogen and oxygen atoms in total. The van der Waals surface area contributed by atoms with E-state index in [-0.39, 0.29) is 23.7 Å². The summed E-state index contributed by atoms with van der Waals surface area (Å²) in [5.74, 6) is -0.301. The standard InChI is InChI=1S/C15H24N2O4/c1-3-21-14(20)15(16-2)9-4-5-11(15)8-10-17-12(18)6-7-13(17)19/h11,16H,3-10H2,1-2H3. The molecule has 1 saturated carbocycles. The molecule has 1 N–H and O–H groups in total. The van der Waals surface area contributed by atoms with Crippen LogP contribution in [0.2, 0.25) is 0 Å². The van der Waals surface area contributed by atoms with Crippen LogP contribution >= 0.6 is 0 Å². The highest BCUT2D eigenvalue weighted by atomic mass is 16.5. The zero-order valence-corrected chi connectivity index (χ0v) is 12.8. The molecule has 1 heterocycles. The number of hydrogen-bond acceptors (Lipinski definition) is 5. The number of imide groups is 1. The Hall–Kier alpha value is -1.43. The fourth-order valence-electron chi connectivity index (χ4n) is 3.59. The number of hydrogen-bond donors (Lipinski definition) is 1. The summed E-state index contributed by atoms with van der Waals surface area (Å²) >= 11 is 0. The molecule has 1 aliphatic carbocycles. The number of carbonyl (C=O) groups is 3. The molecule has 0 aromatic heterocycles. The predicted molar refractivity (Wildman–Crippen MR) is 76.3 cm³/mol. The number of likely N-dealkylation sites (N-methyl/N-ethyl adjacent to an activating group) is 1. The number of nitrogens with one attached hydrogen (secondary N) is 1. The summed E-state index contributed by atoms with van der Waals surface area (Å²) in [5, 5.41) is 3.15. The number of rotatable bonds is 6. The van der Waals surface area contributed by atoms with Crippen molar-refractivity contribution in [3.05, 3.63) is 0 Å². The van der Waals surface area contributed by atoms with Crippen molar-refractivity contribution in [2.75, 3.05) is 20.2 Å². The van der Waals surface area contributed by atoms with Gasteiger partial charge < -0.3 is 10.1 Å². The Morgan fingerprint density at radius 2 is 2.05 bits per heavy atom. The van der Waals surface area contributed by atoms with Crippen molar-refractivity contribution in [3.63, 3.8) is 0 Å². The number of nitrogens with zero attached hydrogens (tertiary/aromatic N) is 1. The quantitative estimate of drug-likeness (QED) is 0.581. The minimum absolute atomic E-state index is 0.0933. The van der Waals surface area contributed by atoms with E-state index in [4.69, 9.17) is 4.74 Å². The molecule has 21 heavy (non-hydrogen) atoms. The lowest BCUT2D eigenvalue weighted by molar-refractivity contribution is -0.152. The van der Waals surface area contributed by atoms with Crippen LogP contribution in [0, 0.1) is 5.92 Å². The second kappa shape index (κ2) is 6.56. The first-order chi connectivity index (χ1) is 10.0. The largest absolute Gasteiger partial charge is 0.465 e. The zero-order chi connectivity index (χ0) is 15.5. The summed E-state index contributed by atoms with van der Waals surface area (Å²) in [7, 11) is 1.78. The van der Waals surface area contributed by atoms with Crippen molar-refractivity contribution < 1.29 is 19.1 Å². The Labute approximate surface area is 125 Å². The van der Waals surface area contributed by atoms with Crippen LogP contribution in [0.15, 0.2) is 0 Å². The third-order valence-electron chi connectivity index (χ3n) is 4.76. The highest BCUT2D eigenvalue weighted by molar-refractivity contribution is 6.01. The fourth-order valence-corrected chi connectivity index (χ4v) is 3.59. The van der Waals surface area contributed by atoms with Crippen LogP contribution in [0.5, 0.6) is 0 Å². The van der Waals surface area contributed by atoms with Crippen LogP contribution in [0.1, 0.15) is 45.4 Å². The maximum Gasteiger partial charge on any atom is 0.326 e. The van der Waals surface area contributed by atoms with E-state index in [2.05, 4.69) is 5.32 Å². The van der Waals surface area contributed by atoms with Gasteiger partial charge in [-0.1, -0.05) is 6.42 Å². The van der Waals surface area contributed by atoms with Gasteiger partial charge >= 0.3 is 5.97 Å². The van der Waals surface area contributed by atoms with Crippen molar-refractivity contribution in [3.8, 4) is 0 Å². The average molecular weight is 296 g/mol. The van der Waals surface area contributed by atoms with Crippen LogP contribution in [0.3, 0.4) is 0 Å². The van der Waals surface area contributed by atoms with Gasteiger partial charge in [-0.3, -0.25) is 19.3 Å². The number of amides is 2. The van der Waals surface area contributed by atoms with E-state index in [1.807, 2.05) is 0 Å². The van der Waals surface area contributed by atoms with E-state index >= 15 is 0 Å². The molecule has 2 amide bonds. The van der Waals surface area contributed by atoms with Gasteiger partial charge in [-0.2, -0.15) is 0 Å². The molecule has 0 bridgehead atoms. The third-order valence-corrected chi connectivity index (χ3v) is 4.76. The molecule has 2 aliphatic rings. The number of carbonyl (C=O) groups excluding carboxylic acids is 3. The maximum absolute atomic E-state index is 12.3. The lowest BCUT2D eigenvalue weighted by atomic mass is 9.84. The SMILES string of the molecule is CCOC(=O)C1(NC)CCCC1CCN1C(=O)CCC1=O. The molecular formula is C15H24N2O4. The van der Waals surface area contributed by atoms with E-state index in [9.17, 15) is 14.4 Å². The lowest BCUT2D eigenvalue weighted by Crippen LogP contribution is -2.54. The molecule has 0 aromatic rings. The van der Waals surface area contributed by atoms with Gasteiger partial charge in [0.25, 0.3) is 0 Å². The molecule has 6 heteroatoms. The Morgan fingerprint density at radius 1 is 1.38 bits per heavy atom. The summed E-state index contributed by atoms with van der Waals surface area (Å²) < 4.78 is 5.22. The molecule has 2 rings (SSSR count). The summed E-state index contributed by atoms with van der Waals surface area (Å²) in [6, 6.07) is 0. The monoisotopic (exact) mass is 296 g/mol. The topological polar surface area (TPSA) is 75.7 Å². The first-order valence-corrected chi connectivity index (χ1v) is 7.74.